The molecule has 43 heavy (non-hydrogen) atoms. The second-order valence-corrected chi connectivity index (χ2v) is 12.0. The minimum Gasteiger partial charge on any atom is -0.455 e. The SMILES string of the molecule is C=CCCC(=O)N(C)[C@H](C)[C@H](OC(=O)[C@@H]1[C@@H]2CC[C@]3(O2)[C@H](C(=O)N(CC=C)C(C)C)N(CCO)C(=O)[C@@H]13)c1ccccc1. The van der Waals surface area contributed by atoms with Crippen LogP contribution in [0.2, 0.25) is 0 Å². The van der Waals surface area contributed by atoms with Crippen LogP contribution in [0.4, 0.5) is 0 Å². The number of rotatable bonds is 14. The number of amides is 3. The molecule has 1 spiro atoms. The zero-order valence-corrected chi connectivity index (χ0v) is 25.7. The van der Waals surface area contributed by atoms with E-state index in [1.54, 1.807) is 29.0 Å². The Morgan fingerprint density at radius 1 is 1.19 bits per heavy atom. The van der Waals surface area contributed by atoms with Crippen molar-refractivity contribution in [1.29, 1.82) is 0 Å². The van der Waals surface area contributed by atoms with Crippen LogP contribution >= 0.6 is 0 Å². The number of fused-ring (bicyclic) bond motifs is 1. The fourth-order valence-electron chi connectivity index (χ4n) is 7.02. The lowest BCUT2D eigenvalue weighted by Gasteiger charge is -2.38. The molecule has 0 aliphatic carbocycles. The Morgan fingerprint density at radius 3 is 2.49 bits per heavy atom. The Labute approximate surface area is 254 Å². The standard InChI is InChI=1S/C33H45N3O7/c1-7-9-15-25(38)34(6)22(5)28(23-13-11-10-12-14-23)42-32(41)26-24-16-17-33(43-24)27(26)30(39)36(19-20-37)29(33)31(40)35(18-8-2)21(3)4/h7-8,10-14,21-22,24,26-29,37H,1-2,9,15-20H2,3-6H3/t22-,24+,26-,27-,28+,29+,33-/m1/s1. The number of aliphatic hydroxyl groups excluding tert-OH is 1. The highest BCUT2D eigenvalue weighted by molar-refractivity contribution is 5.98. The molecule has 1 aromatic rings. The molecular formula is C33H45N3O7. The van der Waals surface area contributed by atoms with Gasteiger partial charge in [0.1, 0.15) is 17.7 Å². The molecule has 1 N–H and O–H groups in total. The first-order chi connectivity index (χ1) is 20.5. The molecule has 3 aliphatic rings. The number of carbonyl (C=O) groups is 4. The smallest absolute Gasteiger partial charge is 0.313 e. The van der Waals surface area contributed by atoms with Crippen molar-refractivity contribution in [1.82, 2.24) is 14.7 Å². The monoisotopic (exact) mass is 595 g/mol. The van der Waals surface area contributed by atoms with Gasteiger partial charge >= 0.3 is 5.97 Å². The first kappa shape index (κ1) is 32.4. The lowest BCUT2D eigenvalue weighted by Crippen LogP contribution is -2.57. The highest BCUT2D eigenvalue weighted by Gasteiger charge is 2.75. The molecule has 0 unspecified atom stereocenters. The summed E-state index contributed by atoms with van der Waals surface area (Å²) in [4.78, 5) is 59.6. The average Bonchev–Trinajstić information content (AvgIpc) is 3.64. The lowest BCUT2D eigenvalue weighted by molar-refractivity contribution is -0.164. The number of allylic oxidation sites excluding steroid dienone is 1. The number of aliphatic hydroxyl groups is 1. The number of likely N-dealkylation sites (N-methyl/N-ethyl adjacent to an activating group) is 1. The minimum absolute atomic E-state index is 0.0510. The van der Waals surface area contributed by atoms with Crippen molar-refractivity contribution in [2.24, 2.45) is 11.8 Å². The molecule has 3 heterocycles. The fourth-order valence-corrected chi connectivity index (χ4v) is 7.02. The number of β-amino-alcohol motifs (C(OH)–C–C–N with tert-alkyl or cyclic N) is 1. The van der Waals surface area contributed by atoms with Crippen molar-refractivity contribution in [2.75, 3.05) is 26.7 Å². The van der Waals surface area contributed by atoms with Crippen LogP contribution in [-0.2, 0) is 28.7 Å². The molecule has 3 aliphatic heterocycles. The van der Waals surface area contributed by atoms with Gasteiger partial charge in [0, 0.05) is 32.6 Å². The lowest BCUT2D eigenvalue weighted by atomic mass is 9.70. The Kier molecular flexibility index (Phi) is 10.1. The zero-order valence-electron chi connectivity index (χ0n) is 25.7. The van der Waals surface area contributed by atoms with E-state index >= 15 is 0 Å². The quantitative estimate of drug-likeness (QED) is 0.260. The summed E-state index contributed by atoms with van der Waals surface area (Å²) in [6, 6.07) is 7.58. The van der Waals surface area contributed by atoms with Crippen molar-refractivity contribution < 1.29 is 33.8 Å². The van der Waals surface area contributed by atoms with Crippen molar-refractivity contribution in [3.05, 3.63) is 61.2 Å². The van der Waals surface area contributed by atoms with E-state index < -0.39 is 47.7 Å². The summed E-state index contributed by atoms with van der Waals surface area (Å²) in [7, 11) is 1.68. The Hall–Kier alpha value is -3.50. The molecule has 3 amide bonds. The largest absolute Gasteiger partial charge is 0.455 e. The van der Waals surface area contributed by atoms with E-state index in [4.69, 9.17) is 9.47 Å². The summed E-state index contributed by atoms with van der Waals surface area (Å²) in [6.07, 6.45) is 3.69. The second-order valence-electron chi connectivity index (χ2n) is 12.0. The van der Waals surface area contributed by atoms with Gasteiger partial charge in [0.15, 0.2) is 0 Å². The maximum atomic E-state index is 14.1. The van der Waals surface area contributed by atoms with Crippen LogP contribution in [0, 0.1) is 11.8 Å². The molecule has 7 atom stereocenters. The van der Waals surface area contributed by atoms with Gasteiger partial charge in [-0.1, -0.05) is 42.5 Å². The summed E-state index contributed by atoms with van der Waals surface area (Å²) in [5.74, 6) is -3.22. The van der Waals surface area contributed by atoms with Crippen molar-refractivity contribution in [3.8, 4) is 0 Å². The number of likely N-dealkylation sites (tertiary alicyclic amines) is 1. The van der Waals surface area contributed by atoms with Gasteiger partial charge in [-0.15, -0.1) is 13.2 Å². The molecule has 10 nitrogen and oxygen atoms in total. The van der Waals surface area contributed by atoms with Crippen LogP contribution in [0.15, 0.2) is 55.6 Å². The molecule has 0 saturated carbocycles. The van der Waals surface area contributed by atoms with Crippen LogP contribution in [0.25, 0.3) is 0 Å². The first-order valence-electron chi connectivity index (χ1n) is 15.2. The molecule has 3 fully saturated rings. The van der Waals surface area contributed by atoms with Crippen molar-refractivity contribution in [2.45, 2.75) is 82.4 Å². The number of carbonyl (C=O) groups excluding carboxylic acids is 4. The van der Waals surface area contributed by atoms with Crippen LogP contribution in [0.3, 0.4) is 0 Å². The van der Waals surface area contributed by atoms with Crippen LogP contribution < -0.4 is 0 Å². The van der Waals surface area contributed by atoms with E-state index in [0.29, 0.717) is 25.8 Å². The van der Waals surface area contributed by atoms with Gasteiger partial charge < -0.3 is 29.3 Å². The molecule has 4 rings (SSSR count). The predicted molar refractivity (Wildman–Crippen MR) is 160 cm³/mol. The molecule has 2 bridgehead atoms. The van der Waals surface area contributed by atoms with Gasteiger partial charge in [-0.05, 0) is 45.6 Å². The summed E-state index contributed by atoms with van der Waals surface area (Å²) < 4.78 is 12.7. The molecule has 3 saturated heterocycles. The average molecular weight is 596 g/mol. The molecular weight excluding hydrogens is 550 g/mol. The number of nitrogens with zero attached hydrogens (tertiary/aromatic N) is 3. The third-order valence-corrected chi connectivity index (χ3v) is 9.26. The first-order valence-corrected chi connectivity index (χ1v) is 15.2. The fraction of sp³-hybridized carbons (Fsp3) is 0.576. The summed E-state index contributed by atoms with van der Waals surface area (Å²) in [5, 5.41) is 9.85. The molecule has 10 heteroatoms. The number of esters is 1. The molecule has 1 aromatic carbocycles. The topological polar surface area (TPSA) is 117 Å². The van der Waals surface area contributed by atoms with Gasteiger partial charge in [-0.3, -0.25) is 19.2 Å². The minimum atomic E-state index is -1.20. The van der Waals surface area contributed by atoms with Gasteiger partial charge in [0.25, 0.3) is 0 Å². The number of benzene rings is 1. The van der Waals surface area contributed by atoms with Crippen LogP contribution in [-0.4, -0.2) is 100 Å². The van der Waals surface area contributed by atoms with E-state index in [-0.39, 0.29) is 43.3 Å². The third-order valence-electron chi connectivity index (χ3n) is 9.26. The Balaban J connectivity index is 1.66. The summed E-state index contributed by atoms with van der Waals surface area (Å²) in [6.45, 7) is 13.0. The van der Waals surface area contributed by atoms with E-state index in [0.717, 1.165) is 5.56 Å². The van der Waals surface area contributed by atoms with Gasteiger partial charge in [-0.2, -0.15) is 0 Å². The van der Waals surface area contributed by atoms with Crippen LogP contribution in [0.5, 0.6) is 0 Å². The van der Waals surface area contributed by atoms with Crippen LogP contribution in [0.1, 0.15) is 58.1 Å². The Bertz CT molecular complexity index is 1220. The van der Waals surface area contributed by atoms with Gasteiger partial charge in [0.05, 0.1) is 30.6 Å². The number of hydrogen-bond donors (Lipinski definition) is 1. The molecule has 0 radical (unpaired) electrons. The third kappa shape index (κ3) is 5.87. The van der Waals surface area contributed by atoms with Gasteiger partial charge in [-0.25, -0.2) is 0 Å². The highest BCUT2D eigenvalue weighted by atomic mass is 16.6. The molecule has 234 valence electrons. The van der Waals surface area contributed by atoms with Crippen molar-refractivity contribution >= 4 is 23.7 Å². The Morgan fingerprint density at radius 2 is 1.88 bits per heavy atom. The maximum Gasteiger partial charge on any atom is 0.313 e. The number of hydrogen-bond acceptors (Lipinski definition) is 7. The van der Waals surface area contributed by atoms with E-state index in [1.165, 1.54) is 4.90 Å². The summed E-state index contributed by atoms with van der Waals surface area (Å²) >= 11 is 0. The van der Waals surface area contributed by atoms with Gasteiger partial charge in [0.2, 0.25) is 17.7 Å². The van der Waals surface area contributed by atoms with E-state index in [1.807, 2.05) is 51.1 Å². The zero-order chi connectivity index (χ0) is 31.5. The van der Waals surface area contributed by atoms with E-state index in [2.05, 4.69) is 13.2 Å². The number of ether oxygens (including phenoxy) is 2. The van der Waals surface area contributed by atoms with E-state index in [9.17, 15) is 24.3 Å². The maximum absolute atomic E-state index is 14.1. The summed E-state index contributed by atoms with van der Waals surface area (Å²) in [5.41, 5.74) is -0.479. The normalized spacial score (nSPS) is 27.0. The molecule has 0 aromatic heterocycles. The highest BCUT2D eigenvalue weighted by Crippen LogP contribution is 2.59. The van der Waals surface area contributed by atoms with Crippen molar-refractivity contribution in [3.63, 3.8) is 0 Å². The second kappa shape index (κ2) is 13.4. The predicted octanol–water partition coefficient (Wildman–Crippen LogP) is 2.87.